The van der Waals surface area contributed by atoms with Crippen LogP contribution in [0.25, 0.3) is 0 Å². The summed E-state index contributed by atoms with van der Waals surface area (Å²) in [5, 5.41) is 28.5. The molecule has 6 heteroatoms. The molecule has 0 aliphatic rings. The summed E-state index contributed by atoms with van der Waals surface area (Å²) in [6.07, 6.45) is 8.12. The van der Waals surface area contributed by atoms with Gasteiger partial charge in [-0.1, -0.05) is 42.5 Å². The second-order valence-electron chi connectivity index (χ2n) is 7.55. The highest BCUT2D eigenvalue weighted by Gasteiger charge is 2.26. The molecule has 0 radical (unpaired) electrons. The van der Waals surface area contributed by atoms with E-state index in [2.05, 4.69) is 0 Å². The van der Waals surface area contributed by atoms with Crippen LogP contribution >= 0.6 is 0 Å². The third kappa shape index (κ3) is 6.60. The van der Waals surface area contributed by atoms with E-state index in [0.717, 1.165) is 16.7 Å². The highest BCUT2D eigenvalue weighted by molar-refractivity contribution is 5.78. The van der Waals surface area contributed by atoms with Gasteiger partial charge in [0.25, 0.3) is 0 Å². The molecule has 32 heavy (non-hydrogen) atoms. The van der Waals surface area contributed by atoms with E-state index in [0.29, 0.717) is 5.75 Å². The number of carbonyl (C=O) groups is 2. The summed E-state index contributed by atoms with van der Waals surface area (Å²) in [6.45, 7) is 5.64. The van der Waals surface area contributed by atoms with Crippen LogP contribution in [0.15, 0.2) is 78.6 Å². The molecule has 0 saturated heterocycles. The zero-order valence-electron chi connectivity index (χ0n) is 18.4. The molecule has 3 N–H and O–H groups in total. The Hall–Kier alpha value is -3.80. The van der Waals surface area contributed by atoms with Crippen molar-refractivity contribution in [2.45, 2.75) is 39.0 Å². The number of carboxylic acid groups (broad SMARTS) is 1. The van der Waals surface area contributed by atoms with Crippen LogP contribution in [-0.4, -0.2) is 27.3 Å². The van der Waals surface area contributed by atoms with E-state index >= 15 is 0 Å². The first-order valence-electron chi connectivity index (χ1n) is 10.2. The van der Waals surface area contributed by atoms with Crippen molar-refractivity contribution in [1.29, 1.82) is 0 Å². The molecule has 0 aromatic heterocycles. The standard InChI is InChI=1S/C26H28O6/c1-4-6-21(27)7-5-16-26(3,20-10-13-23(28)18(2)17-20)19-8-11-22(12-9-19)32-25(31)15-14-24(29)30/h4-13,16-17,27-28H,14-15H2,1-3H3,(H,29,30)/b6-4-,16-5+,21-7+. The second-order valence-corrected chi connectivity index (χ2v) is 7.55. The van der Waals surface area contributed by atoms with E-state index in [1.807, 2.05) is 51.1 Å². The minimum Gasteiger partial charge on any atom is -0.508 e. The first kappa shape index (κ1) is 24.5. The van der Waals surface area contributed by atoms with Crippen molar-refractivity contribution in [2.24, 2.45) is 0 Å². The minimum absolute atomic E-state index is 0.122. The lowest BCUT2D eigenvalue weighted by atomic mass is 9.75. The fraction of sp³-hybridized carbons (Fsp3) is 0.231. The monoisotopic (exact) mass is 436 g/mol. The molecule has 0 bridgehead atoms. The molecule has 0 saturated carbocycles. The Balaban J connectivity index is 2.38. The van der Waals surface area contributed by atoms with E-state index in [1.165, 1.54) is 0 Å². The van der Waals surface area contributed by atoms with Gasteiger partial charge in [0.15, 0.2) is 0 Å². The molecule has 2 aromatic rings. The predicted molar refractivity (Wildman–Crippen MR) is 123 cm³/mol. The molecule has 0 fully saturated rings. The number of hydrogen-bond donors (Lipinski definition) is 3. The van der Waals surface area contributed by atoms with Gasteiger partial charge in [-0.3, -0.25) is 9.59 Å². The molecular formula is C26H28O6. The van der Waals surface area contributed by atoms with Gasteiger partial charge in [-0.2, -0.15) is 0 Å². The normalized spacial score (nSPS) is 13.9. The average Bonchev–Trinajstić information content (AvgIpc) is 2.74. The number of rotatable bonds is 9. The largest absolute Gasteiger partial charge is 0.508 e. The number of aryl methyl sites for hydroxylation is 1. The summed E-state index contributed by atoms with van der Waals surface area (Å²) in [5.74, 6) is -1.02. The Bertz CT molecular complexity index is 1050. The summed E-state index contributed by atoms with van der Waals surface area (Å²) in [6, 6.07) is 12.3. The predicted octanol–water partition coefficient (Wildman–Crippen LogP) is 5.35. The van der Waals surface area contributed by atoms with E-state index in [9.17, 15) is 19.8 Å². The van der Waals surface area contributed by atoms with Gasteiger partial charge in [0.1, 0.15) is 17.3 Å². The van der Waals surface area contributed by atoms with Crippen molar-refractivity contribution in [2.75, 3.05) is 0 Å². The highest BCUT2D eigenvalue weighted by Crippen LogP contribution is 2.36. The van der Waals surface area contributed by atoms with Crippen LogP contribution in [0.1, 0.15) is 43.4 Å². The summed E-state index contributed by atoms with van der Waals surface area (Å²) < 4.78 is 5.21. The maximum Gasteiger partial charge on any atom is 0.311 e. The summed E-state index contributed by atoms with van der Waals surface area (Å²) in [7, 11) is 0. The van der Waals surface area contributed by atoms with Crippen molar-refractivity contribution in [3.63, 3.8) is 0 Å². The molecule has 2 aromatic carbocycles. The van der Waals surface area contributed by atoms with Crippen LogP contribution < -0.4 is 4.74 Å². The van der Waals surface area contributed by atoms with Crippen LogP contribution in [0.4, 0.5) is 0 Å². The lowest BCUT2D eigenvalue weighted by Gasteiger charge is -2.28. The van der Waals surface area contributed by atoms with Crippen molar-refractivity contribution in [1.82, 2.24) is 0 Å². The van der Waals surface area contributed by atoms with Crippen LogP contribution in [0.2, 0.25) is 0 Å². The molecule has 0 spiro atoms. The molecule has 0 heterocycles. The summed E-state index contributed by atoms with van der Waals surface area (Å²) in [4.78, 5) is 22.4. The fourth-order valence-electron chi connectivity index (χ4n) is 3.16. The topological polar surface area (TPSA) is 104 Å². The Morgan fingerprint density at radius 3 is 2.28 bits per heavy atom. The number of aliphatic carboxylic acids is 1. The van der Waals surface area contributed by atoms with Gasteiger partial charge in [-0.15, -0.1) is 0 Å². The molecule has 1 atom stereocenters. The molecule has 0 aliphatic carbocycles. The Morgan fingerprint density at radius 2 is 1.69 bits per heavy atom. The molecule has 6 nitrogen and oxygen atoms in total. The minimum atomic E-state index is -1.06. The molecule has 2 rings (SSSR count). The van der Waals surface area contributed by atoms with Gasteiger partial charge < -0.3 is 20.1 Å². The Labute approximate surface area is 187 Å². The number of carboxylic acids is 1. The average molecular weight is 437 g/mol. The van der Waals surface area contributed by atoms with Crippen molar-refractivity contribution in [3.8, 4) is 11.5 Å². The van der Waals surface area contributed by atoms with Gasteiger partial charge in [0.2, 0.25) is 0 Å². The van der Waals surface area contributed by atoms with Crippen molar-refractivity contribution in [3.05, 3.63) is 95.3 Å². The van der Waals surface area contributed by atoms with Crippen molar-refractivity contribution >= 4 is 11.9 Å². The van der Waals surface area contributed by atoms with Gasteiger partial charge >= 0.3 is 11.9 Å². The van der Waals surface area contributed by atoms with E-state index in [-0.39, 0.29) is 24.4 Å². The number of aliphatic hydroxyl groups is 1. The van der Waals surface area contributed by atoms with Gasteiger partial charge in [-0.05, 0) is 67.8 Å². The number of allylic oxidation sites excluding steroid dienone is 5. The van der Waals surface area contributed by atoms with Crippen LogP contribution in [0.5, 0.6) is 11.5 Å². The smallest absolute Gasteiger partial charge is 0.311 e. The molecule has 0 aliphatic heterocycles. The SMILES string of the molecule is C\C=C/C(O)=C\C=C\C(C)(c1ccc(OC(=O)CCC(=O)O)cc1)c1ccc(O)c(C)c1. The lowest BCUT2D eigenvalue weighted by molar-refractivity contribution is -0.142. The number of phenols is 1. The number of aromatic hydroxyl groups is 1. The van der Waals surface area contributed by atoms with Crippen LogP contribution in [0, 0.1) is 6.92 Å². The number of ether oxygens (including phenoxy) is 1. The van der Waals surface area contributed by atoms with Crippen molar-refractivity contribution < 1.29 is 29.6 Å². The molecular weight excluding hydrogens is 408 g/mol. The zero-order chi connectivity index (χ0) is 23.7. The van der Waals surface area contributed by atoms with E-state index in [1.54, 1.807) is 42.5 Å². The van der Waals surface area contributed by atoms with E-state index in [4.69, 9.17) is 9.84 Å². The maximum atomic E-state index is 11.8. The molecule has 1 unspecified atom stereocenters. The number of benzene rings is 2. The maximum absolute atomic E-state index is 11.8. The zero-order valence-corrected chi connectivity index (χ0v) is 18.4. The summed E-state index contributed by atoms with van der Waals surface area (Å²) in [5.41, 5.74) is 1.94. The first-order valence-corrected chi connectivity index (χ1v) is 10.2. The summed E-state index contributed by atoms with van der Waals surface area (Å²) >= 11 is 0. The highest BCUT2D eigenvalue weighted by atomic mass is 16.5. The van der Waals surface area contributed by atoms with Crippen LogP contribution in [-0.2, 0) is 15.0 Å². The molecule has 168 valence electrons. The van der Waals surface area contributed by atoms with Gasteiger partial charge in [0.05, 0.1) is 12.8 Å². The second kappa shape index (κ2) is 11.0. The quantitative estimate of drug-likeness (QED) is 0.212. The number of carbonyl (C=O) groups excluding carboxylic acids is 1. The number of phenolic OH excluding ortho intramolecular Hbond substituents is 1. The van der Waals surface area contributed by atoms with E-state index < -0.39 is 17.4 Å². The lowest BCUT2D eigenvalue weighted by Crippen LogP contribution is -2.21. The van der Waals surface area contributed by atoms with Gasteiger partial charge in [0, 0.05) is 5.41 Å². The number of hydrogen-bond acceptors (Lipinski definition) is 5. The number of esters is 1. The molecule has 0 amide bonds. The Morgan fingerprint density at radius 1 is 1.03 bits per heavy atom. The van der Waals surface area contributed by atoms with Gasteiger partial charge in [-0.25, -0.2) is 0 Å². The first-order chi connectivity index (χ1) is 15.2. The third-order valence-electron chi connectivity index (χ3n) is 5.06. The third-order valence-corrected chi connectivity index (χ3v) is 5.06. The Kier molecular flexibility index (Phi) is 8.41. The van der Waals surface area contributed by atoms with Crippen LogP contribution in [0.3, 0.4) is 0 Å². The number of aliphatic hydroxyl groups excluding tert-OH is 1. The fourth-order valence-corrected chi connectivity index (χ4v) is 3.16.